The average molecular weight is 242 g/mol. The second kappa shape index (κ2) is 6.32. The highest BCUT2D eigenvalue weighted by Gasteiger charge is 2.07. The van der Waals surface area contributed by atoms with Crippen molar-refractivity contribution >= 4 is 6.08 Å². The lowest BCUT2D eigenvalue weighted by atomic mass is 10.1. The van der Waals surface area contributed by atoms with Gasteiger partial charge in [-0.2, -0.15) is 10.5 Å². The molecule has 18 heavy (non-hydrogen) atoms. The van der Waals surface area contributed by atoms with Crippen molar-refractivity contribution in [2.24, 2.45) is 0 Å². The van der Waals surface area contributed by atoms with Crippen molar-refractivity contribution in [1.82, 2.24) is 0 Å². The fraction of sp³-hybridized carbons (Fsp3) is 0.286. The molecule has 0 amide bonds. The molecule has 92 valence electrons. The summed E-state index contributed by atoms with van der Waals surface area (Å²) in [5.41, 5.74) is 0.774. The topological polar surface area (TPSA) is 66.0 Å². The number of methoxy groups -OCH3 is 1. The summed E-state index contributed by atoms with van der Waals surface area (Å²) >= 11 is 0. The molecule has 0 radical (unpaired) electrons. The summed E-state index contributed by atoms with van der Waals surface area (Å²) in [5, 5.41) is 17.4. The molecular formula is C14H14N2O2. The van der Waals surface area contributed by atoms with Crippen LogP contribution in [0.3, 0.4) is 0 Å². The molecule has 1 aromatic rings. The summed E-state index contributed by atoms with van der Waals surface area (Å²) < 4.78 is 10.8. The average Bonchev–Trinajstić information content (AvgIpc) is 2.36. The number of nitriles is 2. The molecule has 0 aliphatic rings. The fourth-order valence-electron chi connectivity index (χ4n) is 1.38. The lowest BCUT2D eigenvalue weighted by Crippen LogP contribution is -2.06. The van der Waals surface area contributed by atoms with Crippen molar-refractivity contribution in [3.63, 3.8) is 0 Å². The Kier molecular flexibility index (Phi) is 4.78. The van der Waals surface area contributed by atoms with E-state index in [-0.39, 0.29) is 11.7 Å². The van der Waals surface area contributed by atoms with Crippen molar-refractivity contribution in [3.05, 3.63) is 29.3 Å². The Balaban J connectivity index is 3.11. The van der Waals surface area contributed by atoms with Crippen LogP contribution in [0.5, 0.6) is 11.5 Å². The lowest BCUT2D eigenvalue weighted by Gasteiger charge is -2.13. The molecule has 1 aromatic carbocycles. The fourth-order valence-corrected chi connectivity index (χ4v) is 1.38. The van der Waals surface area contributed by atoms with E-state index < -0.39 is 0 Å². The molecule has 1 rings (SSSR count). The number of benzene rings is 1. The number of rotatable bonds is 4. The smallest absolute Gasteiger partial charge is 0.161 e. The minimum absolute atomic E-state index is 0.0501. The van der Waals surface area contributed by atoms with E-state index in [1.165, 1.54) is 6.08 Å². The van der Waals surface area contributed by atoms with Crippen LogP contribution in [0, 0.1) is 22.7 Å². The molecule has 0 aliphatic heterocycles. The Hall–Kier alpha value is -2.46. The first-order valence-electron chi connectivity index (χ1n) is 5.47. The summed E-state index contributed by atoms with van der Waals surface area (Å²) in [6.45, 7) is 3.85. The second-order valence-corrected chi connectivity index (χ2v) is 3.86. The summed E-state index contributed by atoms with van der Waals surface area (Å²) in [4.78, 5) is 0. The Labute approximate surface area is 107 Å². The minimum atomic E-state index is 0.0501. The van der Waals surface area contributed by atoms with Crippen LogP contribution in [0.4, 0.5) is 0 Å². The third-order valence-corrected chi connectivity index (χ3v) is 2.10. The SMILES string of the molecule is COc1cc(C=C(C#N)C#N)ccc1OC(C)C. The predicted octanol–water partition coefficient (Wildman–Crippen LogP) is 2.91. The van der Waals surface area contributed by atoms with Gasteiger partial charge in [-0.1, -0.05) is 6.07 Å². The molecule has 0 atom stereocenters. The number of ether oxygens (including phenoxy) is 2. The van der Waals surface area contributed by atoms with Crippen LogP contribution < -0.4 is 9.47 Å². The van der Waals surface area contributed by atoms with Gasteiger partial charge in [0.2, 0.25) is 0 Å². The molecular weight excluding hydrogens is 228 g/mol. The first kappa shape index (κ1) is 13.6. The highest BCUT2D eigenvalue weighted by atomic mass is 16.5. The van der Waals surface area contributed by atoms with E-state index in [4.69, 9.17) is 20.0 Å². The lowest BCUT2D eigenvalue weighted by molar-refractivity contribution is 0.230. The van der Waals surface area contributed by atoms with Crippen LogP contribution in [-0.4, -0.2) is 13.2 Å². The second-order valence-electron chi connectivity index (χ2n) is 3.86. The molecule has 0 N–H and O–H groups in total. The van der Waals surface area contributed by atoms with Gasteiger partial charge < -0.3 is 9.47 Å². The Bertz CT molecular complexity index is 518. The highest BCUT2D eigenvalue weighted by Crippen LogP contribution is 2.29. The quantitative estimate of drug-likeness (QED) is 0.761. The van der Waals surface area contributed by atoms with E-state index in [0.717, 1.165) is 5.56 Å². The van der Waals surface area contributed by atoms with E-state index >= 15 is 0 Å². The zero-order valence-corrected chi connectivity index (χ0v) is 10.6. The van der Waals surface area contributed by atoms with E-state index in [1.54, 1.807) is 25.3 Å². The van der Waals surface area contributed by atoms with Crippen molar-refractivity contribution in [3.8, 4) is 23.6 Å². The minimum Gasteiger partial charge on any atom is -0.493 e. The summed E-state index contributed by atoms with van der Waals surface area (Å²) in [6, 6.07) is 8.89. The molecule has 0 unspecified atom stereocenters. The van der Waals surface area contributed by atoms with Crippen molar-refractivity contribution < 1.29 is 9.47 Å². The molecule has 0 saturated heterocycles. The van der Waals surface area contributed by atoms with Gasteiger partial charge >= 0.3 is 0 Å². The maximum absolute atomic E-state index is 8.69. The van der Waals surface area contributed by atoms with Crippen molar-refractivity contribution in [2.75, 3.05) is 7.11 Å². The largest absolute Gasteiger partial charge is 0.493 e. The van der Waals surface area contributed by atoms with Gasteiger partial charge in [-0.05, 0) is 37.6 Å². The molecule has 0 bridgehead atoms. The molecule has 0 saturated carbocycles. The van der Waals surface area contributed by atoms with Gasteiger partial charge in [-0.25, -0.2) is 0 Å². The number of nitrogens with zero attached hydrogens (tertiary/aromatic N) is 2. The standard InChI is InChI=1S/C14H14N2O2/c1-10(2)18-13-5-4-11(7-14(13)17-3)6-12(8-15)9-16/h4-7,10H,1-3H3. The van der Waals surface area contributed by atoms with Gasteiger partial charge in [-0.3, -0.25) is 0 Å². The monoisotopic (exact) mass is 242 g/mol. The molecule has 0 spiro atoms. The first-order chi connectivity index (χ1) is 8.60. The molecule has 0 fully saturated rings. The van der Waals surface area contributed by atoms with E-state index in [2.05, 4.69) is 0 Å². The first-order valence-corrected chi connectivity index (χ1v) is 5.47. The van der Waals surface area contributed by atoms with Crippen molar-refractivity contribution in [2.45, 2.75) is 20.0 Å². The molecule has 0 heterocycles. The van der Waals surface area contributed by atoms with Gasteiger partial charge in [0.15, 0.2) is 11.5 Å². The third-order valence-electron chi connectivity index (χ3n) is 2.10. The molecule has 4 nitrogen and oxygen atoms in total. The molecule has 4 heteroatoms. The molecule has 0 aliphatic carbocycles. The van der Waals surface area contributed by atoms with Crippen LogP contribution in [0.15, 0.2) is 23.8 Å². The van der Waals surface area contributed by atoms with Crippen molar-refractivity contribution in [1.29, 1.82) is 10.5 Å². The number of hydrogen-bond acceptors (Lipinski definition) is 4. The summed E-state index contributed by atoms with van der Waals surface area (Å²) in [6.07, 6.45) is 1.55. The van der Waals surface area contributed by atoms with Crippen LogP contribution in [0.25, 0.3) is 6.08 Å². The van der Waals surface area contributed by atoms with Gasteiger partial charge in [0.25, 0.3) is 0 Å². The zero-order valence-electron chi connectivity index (χ0n) is 10.6. The molecule has 0 aromatic heterocycles. The number of allylic oxidation sites excluding steroid dienone is 1. The maximum Gasteiger partial charge on any atom is 0.161 e. The van der Waals surface area contributed by atoms with Gasteiger partial charge in [0.05, 0.1) is 13.2 Å². The normalized spacial score (nSPS) is 9.22. The number of hydrogen-bond donors (Lipinski definition) is 0. The zero-order chi connectivity index (χ0) is 13.5. The van der Waals surface area contributed by atoms with Crippen LogP contribution in [-0.2, 0) is 0 Å². The predicted molar refractivity (Wildman–Crippen MR) is 68.0 cm³/mol. The van der Waals surface area contributed by atoms with E-state index in [9.17, 15) is 0 Å². The van der Waals surface area contributed by atoms with E-state index in [0.29, 0.717) is 11.5 Å². The third kappa shape index (κ3) is 3.54. The highest BCUT2D eigenvalue weighted by molar-refractivity contribution is 5.64. The Morgan fingerprint density at radius 2 is 1.89 bits per heavy atom. The maximum atomic E-state index is 8.69. The van der Waals surface area contributed by atoms with Gasteiger partial charge in [0.1, 0.15) is 17.7 Å². The van der Waals surface area contributed by atoms with Gasteiger partial charge in [0, 0.05) is 0 Å². The summed E-state index contributed by atoms with van der Waals surface area (Å²) in [5.74, 6) is 1.22. The van der Waals surface area contributed by atoms with Crippen LogP contribution in [0.2, 0.25) is 0 Å². The Morgan fingerprint density at radius 1 is 1.22 bits per heavy atom. The Morgan fingerprint density at radius 3 is 2.39 bits per heavy atom. The van der Waals surface area contributed by atoms with Gasteiger partial charge in [-0.15, -0.1) is 0 Å². The van der Waals surface area contributed by atoms with Crippen LogP contribution >= 0.6 is 0 Å². The van der Waals surface area contributed by atoms with E-state index in [1.807, 2.05) is 26.0 Å². The van der Waals surface area contributed by atoms with Crippen LogP contribution in [0.1, 0.15) is 19.4 Å². The summed E-state index contributed by atoms with van der Waals surface area (Å²) in [7, 11) is 1.55.